The van der Waals surface area contributed by atoms with Gasteiger partial charge in [-0.15, -0.1) is 0 Å². The Balaban J connectivity index is 2.15. The van der Waals surface area contributed by atoms with Crippen LogP contribution in [0.15, 0.2) is 24.3 Å². The minimum Gasteiger partial charge on any atom is -0.508 e. The molecule has 1 aromatic rings. The molecule has 3 heteroatoms. The van der Waals surface area contributed by atoms with Crippen molar-refractivity contribution in [3.8, 4) is 5.75 Å². The summed E-state index contributed by atoms with van der Waals surface area (Å²) in [7, 11) is 0. The summed E-state index contributed by atoms with van der Waals surface area (Å²) in [6.07, 6.45) is 5.17. The van der Waals surface area contributed by atoms with Crippen LogP contribution < -0.4 is 5.73 Å². The van der Waals surface area contributed by atoms with E-state index in [1.54, 1.807) is 12.1 Å². The number of benzene rings is 1. The summed E-state index contributed by atoms with van der Waals surface area (Å²) in [5, 5.41) is 9.43. The van der Waals surface area contributed by atoms with E-state index in [2.05, 4.69) is 18.7 Å². The van der Waals surface area contributed by atoms with Gasteiger partial charge in [0.05, 0.1) is 0 Å². The molecule has 3 nitrogen and oxygen atoms in total. The van der Waals surface area contributed by atoms with Crippen LogP contribution in [-0.2, 0) is 0 Å². The first kappa shape index (κ1) is 15.3. The maximum Gasteiger partial charge on any atom is 0.115 e. The minimum absolute atomic E-state index is 0.335. The Morgan fingerprint density at radius 3 is 2.50 bits per heavy atom. The fourth-order valence-corrected chi connectivity index (χ4v) is 3.64. The summed E-state index contributed by atoms with van der Waals surface area (Å²) in [4.78, 5) is 2.59. The number of phenolic OH excluding ortho intramolecular Hbond substituents is 1. The topological polar surface area (TPSA) is 49.5 Å². The van der Waals surface area contributed by atoms with Gasteiger partial charge < -0.3 is 10.8 Å². The molecule has 0 saturated heterocycles. The average molecular weight is 276 g/mol. The van der Waals surface area contributed by atoms with Gasteiger partial charge in [0.2, 0.25) is 0 Å². The van der Waals surface area contributed by atoms with Crippen LogP contribution in [0.4, 0.5) is 0 Å². The third-order valence-electron chi connectivity index (χ3n) is 4.84. The van der Waals surface area contributed by atoms with Gasteiger partial charge in [-0.1, -0.05) is 31.9 Å². The molecular formula is C17H28N2O. The van der Waals surface area contributed by atoms with Gasteiger partial charge in [-0.25, -0.2) is 0 Å². The van der Waals surface area contributed by atoms with Crippen molar-refractivity contribution < 1.29 is 5.11 Å². The summed E-state index contributed by atoms with van der Waals surface area (Å²) in [6.45, 7) is 6.34. The van der Waals surface area contributed by atoms with Crippen LogP contribution in [0, 0.1) is 5.92 Å². The Morgan fingerprint density at radius 2 is 1.90 bits per heavy atom. The Labute approximate surface area is 122 Å². The lowest BCUT2D eigenvalue weighted by molar-refractivity contribution is 0.0769. The third kappa shape index (κ3) is 3.33. The van der Waals surface area contributed by atoms with Crippen molar-refractivity contribution in [1.82, 2.24) is 4.90 Å². The molecule has 1 aliphatic rings. The van der Waals surface area contributed by atoms with Crippen LogP contribution in [0.1, 0.15) is 51.1 Å². The molecule has 0 amide bonds. The molecule has 0 heterocycles. The van der Waals surface area contributed by atoms with E-state index < -0.39 is 0 Å². The molecule has 2 rings (SSSR count). The van der Waals surface area contributed by atoms with Gasteiger partial charge in [-0.05, 0) is 56.5 Å². The Morgan fingerprint density at radius 1 is 1.25 bits per heavy atom. The number of nitrogens with two attached hydrogens (primary N) is 1. The molecule has 0 aromatic heterocycles. The van der Waals surface area contributed by atoms with E-state index in [1.807, 2.05) is 12.1 Å². The van der Waals surface area contributed by atoms with Crippen molar-refractivity contribution in [2.45, 2.75) is 51.6 Å². The molecule has 1 aromatic carbocycles. The molecule has 20 heavy (non-hydrogen) atoms. The second-order valence-corrected chi connectivity index (χ2v) is 5.95. The fraction of sp³-hybridized carbons (Fsp3) is 0.647. The Hall–Kier alpha value is -1.06. The van der Waals surface area contributed by atoms with Crippen LogP contribution in [0.2, 0.25) is 0 Å². The van der Waals surface area contributed by atoms with E-state index >= 15 is 0 Å². The molecule has 112 valence electrons. The molecular weight excluding hydrogens is 248 g/mol. The lowest BCUT2D eigenvalue weighted by Crippen LogP contribution is -2.46. The second kappa shape index (κ2) is 7.09. The van der Waals surface area contributed by atoms with Gasteiger partial charge in [0.1, 0.15) is 5.75 Å². The third-order valence-corrected chi connectivity index (χ3v) is 4.84. The van der Waals surface area contributed by atoms with Crippen molar-refractivity contribution in [2.75, 3.05) is 13.1 Å². The highest BCUT2D eigenvalue weighted by Crippen LogP contribution is 2.33. The maximum absolute atomic E-state index is 9.43. The first-order valence-electron chi connectivity index (χ1n) is 7.92. The zero-order chi connectivity index (χ0) is 14.5. The summed E-state index contributed by atoms with van der Waals surface area (Å²) in [5.41, 5.74) is 7.25. The zero-order valence-electron chi connectivity index (χ0n) is 12.8. The quantitative estimate of drug-likeness (QED) is 0.867. The Kier molecular flexibility index (Phi) is 5.44. The highest BCUT2D eigenvalue weighted by atomic mass is 16.3. The molecule has 1 fully saturated rings. The number of hydrogen-bond donors (Lipinski definition) is 2. The molecule has 3 N–H and O–H groups in total. The summed E-state index contributed by atoms with van der Waals surface area (Å²) >= 11 is 0. The monoisotopic (exact) mass is 276 g/mol. The molecule has 0 aliphatic heterocycles. The van der Waals surface area contributed by atoms with Crippen molar-refractivity contribution in [3.63, 3.8) is 0 Å². The smallest absolute Gasteiger partial charge is 0.115 e. The van der Waals surface area contributed by atoms with Gasteiger partial charge in [-0.2, -0.15) is 0 Å². The lowest BCUT2D eigenvalue weighted by atomic mass is 9.82. The van der Waals surface area contributed by atoms with E-state index in [-0.39, 0.29) is 0 Å². The van der Waals surface area contributed by atoms with Crippen molar-refractivity contribution in [3.05, 3.63) is 29.8 Å². The van der Waals surface area contributed by atoms with Gasteiger partial charge in [0.25, 0.3) is 0 Å². The largest absolute Gasteiger partial charge is 0.508 e. The molecule has 0 radical (unpaired) electrons. The molecule has 0 spiro atoms. The van der Waals surface area contributed by atoms with E-state index in [4.69, 9.17) is 5.73 Å². The highest BCUT2D eigenvalue weighted by Gasteiger charge is 2.31. The van der Waals surface area contributed by atoms with Crippen LogP contribution in [0.25, 0.3) is 0 Å². The molecule has 3 atom stereocenters. The van der Waals surface area contributed by atoms with Crippen molar-refractivity contribution in [2.24, 2.45) is 11.7 Å². The minimum atomic E-state index is 0.335. The van der Waals surface area contributed by atoms with E-state index in [0.717, 1.165) is 13.1 Å². The van der Waals surface area contributed by atoms with E-state index in [1.165, 1.54) is 31.2 Å². The standard InChI is InChI=1S/C17H28N2O/c1-3-19(17-7-5-4-6-15(17)12-18)13(2)14-8-10-16(20)11-9-14/h8-11,13,15,17,20H,3-7,12,18H2,1-2H3. The average Bonchev–Trinajstić information content (AvgIpc) is 2.49. The number of hydrogen-bond acceptors (Lipinski definition) is 3. The van der Waals surface area contributed by atoms with E-state index in [9.17, 15) is 5.11 Å². The van der Waals surface area contributed by atoms with Gasteiger partial charge >= 0.3 is 0 Å². The number of rotatable bonds is 5. The molecule has 0 bridgehead atoms. The van der Waals surface area contributed by atoms with E-state index in [0.29, 0.717) is 23.8 Å². The molecule has 1 saturated carbocycles. The lowest BCUT2D eigenvalue weighted by Gasteiger charge is -2.42. The first-order valence-corrected chi connectivity index (χ1v) is 7.92. The number of aromatic hydroxyl groups is 1. The van der Waals surface area contributed by atoms with Gasteiger partial charge in [0, 0.05) is 12.1 Å². The normalized spacial score (nSPS) is 24.8. The maximum atomic E-state index is 9.43. The van der Waals surface area contributed by atoms with Gasteiger partial charge in [0.15, 0.2) is 0 Å². The fourth-order valence-electron chi connectivity index (χ4n) is 3.64. The summed E-state index contributed by atoms with van der Waals surface area (Å²) in [6, 6.07) is 8.59. The van der Waals surface area contributed by atoms with Crippen molar-refractivity contribution in [1.29, 1.82) is 0 Å². The summed E-state index contributed by atoms with van der Waals surface area (Å²) < 4.78 is 0. The second-order valence-electron chi connectivity index (χ2n) is 5.95. The predicted octanol–water partition coefficient (Wildman–Crippen LogP) is 3.29. The molecule has 1 aliphatic carbocycles. The Bertz CT molecular complexity index is 404. The van der Waals surface area contributed by atoms with Crippen LogP contribution in [-0.4, -0.2) is 29.1 Å². The SMILES string of the molecule is CCN(C(C)c1ccc(O)cc1)C1CCCCC1CN. The van der Waals surface area contributed by atoms with Gasteiger partial charge in [-0.3, -0.25) is 4.90 Å². The molecule has 3 unspecified atom stereocenters. The number of phenols is 1. The number of nitrogens with zero attached hydrogens (tertiary/aromatic N) is 1. The highest BCUT2D eigenvalue weighted by molar-refractivity contribution is 5.27. The van der Waals surface area contributed by atoms with Crippen LogP contribution in [0.3, 0.4) is 0 Å². The van der Waals surface area contributed by atoms with Crippen LogP contribution in [0.5, 0.6) is 5.75 Å². The first-order chi connectivity index (χ1) is 9.67. The summed E-state index contributed by atoms with van der Waals surface area (Å²) in [5.74, 6) is 0.963. The van der Waals surface area contributed by atoms with Crippen molar-refractivity contribution >= 4 is 0 Å². The predicted molar refractivity (Wildman–Crippen MR) is 83.7 cm³/mol. The zero-order valence-corrected chi connectivity index (χ0v) is 12.8. The van der Waals surface area contributed by atoms with Crippen LogP contribution >= 0.6 is 0 Å².